The Morgan fingerprint density at radius 1 is 1.31 bits per heavy atom. The van der Waals surface area contributed by atoms with E-state index >= 15 is 0 Å². The lowest BCUT2D eigenvalue weighted by atomic mass is 10.2. The molecule has 1 rings (SSSR count). The SMILES string of the molecule is COc1c(F)c(F)cc(F)c1C#N. The number of rotatable bonds is 1. The van der Waals surface area contributed by atoms with Crippen LogP contribution in [0.1, 0.15) is 5.56 Å². The molecule has 0 fully saturated rings. The largest absolute Gasteiger partial charge is 0.492 e. The lowest BCUT2D eigenvalue weighted by molar-refractivity contribution is 0.365. The first-order valence-electron chi connectivity index (χ1n) is 3.23. The van der Waals surface area contributed by atoms with Gasteiger partial charge in [-0.3, -0.25) is 0 Å². The Morgan fingerprint density at radius 3 is 2.38 bits per heavy atom. The molecule has 0 N–H and O–H groups in total. The van der Waals surface area contributed by atoms with Gasteiger partial charge in [0.05, 0.1) is 7.11 Å². The van der Waals surface area contributed by atoms with E-state index in [1.54, 1.807) is 0 Å². The summed E-state index contributed by atoms with van der Waals surface area (Å²) in [5, 5.41) is 8.39. The lowest BCUT2D eigenvalue weighted by Gasteiger charge is -2.04. The summed E-state index contributed by atoms with van der Waals surface area (Å²) in [4.78, 5) is 0. The van der Waals surface area contributed by atoms with Gasteiger partial charge in [0.1, 0.15) is 17.4 Å². The summed E-state index contributed by atoms with van der Waals surface area (Å²) < 4.78 is 42.5. The first-order chi connectivity index (χ1) is 6.11. The average molecular weight is 187 g/mol. The van der Waals surface area contributed by atoms with Crippen molar-refractivity contribution in [3.05, 3.63) is 29.1 Å². The van der Waals surface area contributed by atoms with Crippen LogP contribution in [0.15, 0.2) is 6.07 Å². The Hall–Kier alpha value is -1.70. The molecule has 0 unspecified atom stereocenters. The summed E-state index contributed by atoms with van der Waals surface area (Å²) in [5.74, 6) is -4.59. The molecule has 1 aromatic carbocycles. The Morgan fingerprint density at radius 2 is 1.92 bits per heavy atom. The molecule has 0 saturated carbocycles. The van der Waals surface area contributed by atoms with Crippen LogP contribution in [-0.4, -0.2) is 7.11 Å². The van der Waals surface area contributed by atoms with E-state index in [-0.39, 0.29) is 0 Å². The highest BCUT2D eigenvalue weighted by Crippen LogP contribution is 2.26. The van der Waals surface area contributed by atoms with Gasteiger partial charge in [0.15, 0.2) is 11.6 Å². The van der Waals surface area contributed by atoms with E-state index in [1.807, 2.05) is 0 Å². The van der Waals surface area contributed by atoms with Gasteiger partial charge in [-0.1, -0.05) is 0 Å². The van der Waals surface area contributed by atoms with Gasteiger partial charge in [-0.05, 0) is 0 Å². The third kappa shape index (κ3) is 1.43. The number of methoxy groups -OCH3 is 1. The number of hydrogen-bond donors (Lipinski definition) is 0. The summed E-state index contributed by atoms with van der Waals surface area (Å²) in [7, 11) is 1.03. The summed E-state index contributed by atoms with van der Waals surface area (Å²) in [5.41, 5.74) is -0.638. The second kappa shape index (κ2) is 3.35. The molecule has 5 heteroatoms. The highest BCUT2D eigenvalue weighted by Gasteiger charge is 2.18. The maximum atomic E-state index is 12.8. The van der Waals surface area contributed by atoms with Crippen molar-refractivity contribution in [1.82, 2.24) is 0 Å². The van der Waals surface area contributed by atoms with Gasteiger partial charge >= 0.3 is 0 Å². The Balaban J connectivity index is 3.53. The van der Waals surface area contributed by atoms with Gasteiger partial charge in [-0.25, -0.2) is 8.78 Å². The maximum absolute atomic E-state index is 12.8. The monoisotopic (exact) mass is 187 g/mol. The fraction of sp³-hybridized carbons (Fsp3) is 0.125. The highest BCUT2D eigenvalue weighted by molar-refractivity contribution is 5.45. The van der Waals surface area contributed by atoms with Gasteiger partial charge in [-0.15, -0.1) is 0 Å². The van der Waals surface area contributed by atoms with Gasteiger partial charge in [0.25, 0.3) is 0 Å². The third-order valence-electron chi connectivity index (χ3n) is 1.44. The van der Waals surface area contributed by atoms with Crippen LogP contribution in [0.2, 0.25) is 0 Å². The molecule has 0 spiro atoms. The fourth-order valence-corrected chi connectivity index (χ4v) is 0.869. The zero-order valence-electron chi connectivity index (χ0n) is 6.57. The standard InChI is InChI=1S/C8H4F3NO/c1-13-8-4(3-12)5(9)2-6(10)7(8)11/h2H,1H3. The summed E-state index contributed by atoms with van der Waals surface area (Å²) in [6.07, 6.45) is 0. The average Bonchev–Trinajstić information content (AvgIpc) is 2.10. The Kier molecular flexibility index (Phi) is 2.42. The van der Waals surface area contributed by atoms with Crippen LogP contribution in [0.4, 0.5) is 13.2 Å². The number of ether oxygens (including phenoxy) is 1. The molecule has 0 radical (unpaired) electrons. The minimum Gasteiger partial charge on any atom is -0.492 e. The molecular weight excluding hydrogens is 183 g/mol. The van der Waals surface area contributed by atoms with E-state index < -0.39 is 28.8 Å². The van der Waals surface area contributed by atoms with Crippen LogP contribution in [0, 0.1) is 28.8 Å². The molecule has 0 aliphatic heterocycles. The van der Waals surface area contributed by atoms with Crippen molar-refractivity contribution in [2.45, 2.75) is 0 Å². The molecule has 0 atom stereocenters. The first kappa shape index (κ1) is 9.39. The van der Waals surface area contributed by atoms with E-state index in [9.17, 15) is 13.2 Å². The van der Waals surface area contributed by atoms with E-state index in [1.165, 1.54) is 6.07 Å². The van der Waals surface area contributed by atoms with E-state index in [2.05, 4.69) is 4.74 Å². The van der Waals surface area contributed by atoms with Crippen molar-refractivity contribution >= 4 is 0 Å². The van der Waals surface area contributed by atoms with Crippen molar-refractivity contribution in [2.75, 3.05) is 7.11 Å². The molecule has 0 aliphatic carbocycles. The molecule has 13 heavy (non-hydrogen) atoms. The molecule has 0 bridgehead atoms. The third-order valence-corrected chi connectivity index (χ3v) is 1.44. The number of hydrogen-bond acceptors (Lipinski definition) is 2. The fourth-order valence-electron chi connectivity index (χ4n) is 0.869. The van der Waals surface area contributed by atoms with Crippen molar-refractivity contribution in [1.29, 1.82) is 5.26 Å². The van der Waals surface area contributed by atoms with Crippen LogP contribution in [0.25, 0.3) is 0 Å². The molecule has 0 saturated heterocycles. The van der Waals surface area contributed by atoms with Gasteiger partial charge in [-0.2, -0.15) is 9.65 Å². The number of halogens is 3. The molecule has 0 amide bonds. The minimum atomic E-state index is -1.38. The Labute approximate surface area is 72.2 Å². The summed E-state index contributed by atoms with van der Waals surface area (Å²) >= 11 is 0. The summed E-state index contributed by atoms with van der Waals surface area (Å²) in [6, 6.07) is 1.68. The van der Waals surface area contributed by atoms with Crippen molar-refractivity contribution in [3.63, 3.8) is 0 Å². The molecule has 0 heterocycles. The molecule has 1 aromatic rings. The number of nitriles is 1. The zero-order chi connectivity index (χ0) is 10.0. The van der Waals surface area contributed by atoms with Crippen LogP contribution in [-0.2, 0) is 0 Å². The zero-order valence-corrected chi connectivity index (χ0v) is 6.57. The van der Waals surface area contributed by atoms with Gasteiger partial charge in [0, 0.05) is 6.07 Å². The van der Waals surface area contributed by atoms with Crippen molar-refractivity contribution < 1.29 is 17.9 Å². The maximum Gasteiger partial charge on any atom is 0.202 e. The van der Waals surface area contributed by atoms with E-state index in [0.717, 1.165) is 7.11 Å². The first-order valence-corrected chi connectivity index (χ1v) is 3.23. The highest BCUT2D eigenvalue weighted by atomic mass is 19.2. The van der Waals surface area contributed by atoms with Crippen LogP contribution in [0.5, 0.6) is 5.75 Å². The second-order valence-electron chi connectivity index (χ2n) is 2.17. The predicted octanol–water partition coefficient (Wildman–Crippen LogP) is 1.98. The van der Waals surface area contributed by atoms with E-state index in [0.29, 0.717) is 6.07 Å². The number of benzene rings is 1. The van der Waals surface area contributed by atoms with Crippen LogP contribution in [0.3, 0.4) is 0 Å². The minimum absolute atomic E-state index is 0.302. The molecule has 0 aromatic heterocycles. The van der Waals surface area contributed by atoms with Crippen LogP contribution < -0.4 is 4.74 Å². The second-order valence-corrected chi connectivity index (χ2v) is 2.17. The van der Waals surface area contributed by atoms with Gasteiger partial charge in [0.2, 0.25) is 5.82 Å². The molecule has 2 nitrogen and oxygen atoms in total. The Bertz CT molecular complexity index is 384. The molecule has 0 aliphatic rings. The quantitative estimate of drug-likeness (QED) is 0.630. The van der Waals surface area contributed by atoms with Crippen molar-refractivity contribution in [3.8, 4) is 11.8 Å². The smallest absolute Gasteiger partial charge is 0.202 e. The molecule has 68 valence electrons. The van der Waals surface area contributed by atoms with Crippen LogP contribution >= 0.6 is 0 Å². The predicted molar refractivity (Wildman–Crippen MR) is 37.6 cm³/mol. The van der Waals surface area contributed by atoms with E-state index in [4.69, 9.17) is 5.26 Å². The lowest BCUT2D eigenvalue weighted by Crippen LogP contribution is -1.98. The topological polar surface area (TPSA) is 33.0 Å². The van der Waals surface area contributed by atoms with Gasteiger partial charge < -0.3 is 4.74 Å². The molecular formula is C8H4F3NO. The van der Waals surface area contributed by atoms with Crippen molar-refractivity contribution in [2.24, 2.45) is 0 Å². The normalized spacial score (nSPS) is 9.46. The summed E-state index contributed by atoms with van der Waals surface area (Å²) in [6.45, 7) is 0. The number of nitrogens with zero attached hydrogens (tertiary/aromatic N) is 1.